The van der Waals surface area contributed by atoms with Gasteiger partial charge in [-0.1, -0.05) is 19.9 Å². The summed E-state index contributed by atoms with van der Waals surface area (Å²) in [6.45, 7) is 7.78. The van der Waals surface area contributed by atoms with Crippen molar-refractivity contribution in [1.82, 2.24) is 10.2 Å². The molecule has 1 atom stereocenters. The third kappa shape index (κ3) is 6.59. The van der Waals surface area contributed by atoms with Gasteiger partial charge >= 0.3 is 0 Å². The van der Waals surface area contributed by atoms with Gasteiger partial charge in [-0.25, -0.2) is 0 Å². The molecule has 0 spiro atoms. The zero-order valence-electron chi connectivity index (χ0n) is 14.2. The molecule has 23 heavy (non-hydrogen) atoms. The number of halogens is 1. The predicted molar refractivity (Wildman–Crippen MR) is 96.2 cm³/mol. The van der Waals surface area contributed by atoms with E-state index in [1.165, 1.54) is 0 Å². The summed E-state index contributed by atoms with van der Waals surface area (Å²) in [5.41, 5.74) is 6.54. The second kappa shape index (κ2) is 11.0. The van der Waals surface area contributed by atoms with Crippen molar-refractivity contribution >= 4 is 24.2 Å². The third-order valence-corrected chi connectivity index (χ3v) is 3.38. The van der Waals surface area contributed by atoms with E-state index in [2.05, 4.69) is 5.32 Å². The minimum absolute atomic E-state index is 0. The number of amides is 2. The molecule has 0 unspecified atom stereocenters. The predicted octanol–water partition coefficient (Wildman–Crippen LogP) is 2.45. The molecule has 1 aromatic carbocycles. The number of carbonyl (C=O) groups is 2. The van der Waals surface area contributed by atoms with Crippen molar-refractivity contribution in [2.24, 2.45) is 5.73 Å². The number of hydrogen-bond acceptors (Lipinski definition) is 3. The van der Waals surface area contributed by atoms with E-state index in [9.17, 15) is 9.59 Å². The number of nitrogens with zero attached hydrogens (tertiary/aromatic N) is 1. The summed E-state index contributed by atoms with van der Waals surface area (Å²) in [4.78, 5) is 26.5. The van der Waals surface area contributed by atoms with Gasteiger partial charge in [0.1, 0.15) is 0 Å². The Kier molecular flexibility index (Phi) is 10.3. The fourth-order valence-electron chi connectivity index (χ4n) is 2.20. The molecule has 3 N–H and O–H groups in total. The summed E-state index contributed by atoms with van der Waals surface area (Å²) in [6, 6.07) is 6.76. The molecule has 0 aliphatic rings. The van der Waals surface area contributed by atoms with Gasteiger partial charge in [-0.15, -0.1) is 12.4 Å². The van der Waals surface area contributed by atoms with Crippen LogP contribution in [0.2, 0.25) is 0 Å². The number of hydrogen-bond donors (Lipinski definition) is 2. The molecule has 5 nitrogen and oxygen atoms in total. The minimum atomic E-state index is -0.204. The van der Waals surface area contributed by atoms with Gasteiger partial charge in [0.15, 0.2) is 0 Å². The van der Waals surface area contributed by atoms with E-state index in [0.717, 1.165) is 25.9 Å². The second-order valence-electron chi connectivity index (χ2n) is 5.48. The first-order valence-electron chi connectivity index (χ1n) is 7.93. The molecule has 0 aromatic heterocycles. The zero-order chi connectivity index (χ0) is 16.5. The van der Waals surface area contributed by atoms with Crippen LogP contribution in [-0.2, 0) is 0 Å². The Labute approximate surface area is 145 Å². The molecule has 0 radical (unpaired) electrons. The molecule has 0 heterocycles. The lowest BCUT2D eigenvalue weighted by atomic mass is 10.1. The SMILES string of the molecule is CCCN(CCC)C(=O)c1cccc(C(=O)N[C@@H](C)CN)c1.Cl. The molecule has 0 fully saturated rings. The topological polar surface area (TPSA) is 75.4 Å². The Morgan fingerprint density at radius 2 is 1.74 bits per heavy atom. The van der Waals surface area contributed by atoms with E-state index in [1.807, 2.05) is 25.7 Å². The van der Waals surface area contributed by atoms with Gasteiger partial charge in [0.05, 0.1) is 0 Å². The highest BCUT2D eigenvalue weighted by Crippen LogP contribution is 2.10. The summed E-state index contributed by atoms with van der Waals surface area (Å²) < 4.78 is 0. The van der Waals surface area contributed by atoms with Crippen molar-refractivity contribution in [3.63, 3.8) is 0 Å². The first-order valence-corrected chi connectivity index (χ1v) is 7.93. The number of carbonyl (C=O) groups excluding carboxylic acids is 2. The van der Waals surface area contributed by atoms with E-state index in [0.29, 0.717) is 17.7 Å². The third-order valence-electron chi connectivity index (χ3n) is 3.38. The molecule has 1 rings (SSSR count). The fraction of sp³-hybridized carbons (Fsp3) is 0.529. The molecule has 0 bridgehead atoms. The monoisotopic (exact) mass is 341 g/mol. The molecule has 0 aliphatic carbocycles. The lowest BCUT2D eigenvalue weighted by molar-refractivity contribution is 0.0755. The molecule has 0 saturated carbocycles. The van der Waals surface area contributed by atoms with Gasteiger partial charge in [-0.3, -0.25) is 9.59 Å². The van der Waals surface area contributed by atoms with E-state index in [-0.39, 0.29) is 30.3 Å². The maximum Gasteiger partial charge on any atom is 0.253 e. The molecule has 2 amide bonds. The number of rotatable bonds is 8. The van der Waals surface area contributed by atoms with E-state index in [4.69, 9.17) is 5.73 Å². The molecule has 1 aromatic rings. The highest BCUT2D eigenvalue weighted by molar-refractivity contribution is 5.99. The average Bonchev–Trinajstić information content (AvgIpc) is 2.53. The standard InChI is InChI=1S/C17H27N3O2.ClH/c1-4-9-20(10-5-2)17(22)15-8-6-7-14(11-15)16(21)19-13(3)12-18;/h6-8,11,13H,4-5,9-10,12,18H2,1-3H3,(H,19,21);1H/t13-;/m0./s1. The van der Waals surface area contributed by atoms with E-state index < -0.39 is 0 Å². The first-order chi connectivity index (χ1) is 10.5. The maximum atomic E-state index is 12.6. The summed E-state index contributed by atoms with van der Waals surface area (Å²) in [5, 5.41) is 2.80. The summed E-state index contributed by atoms with van der Waals surface area (Å²) in [5.74, 6) is -0.227. The van der Waals surface area contributed by atoms with Crippen LogP contribution in [0.1, 0.15) is 54.3 Å². The summed E-state index contributed by atoms with van der Waals surface area (Å²) in [6.07, 6.45) is 1.83. The minimum Gasteiger partial charge on any atom is -0.348 e. The van der Waals surface area contributed by atoms with E-state index in [1.54, 1.807) is 24.3 Å². The van der Waals surface area contributed by atoms with Crippen LogP contribution in [-0.4, -0.2) is 42.4 Å². The van der Waals surface area contributed by atoms with Crippen LogP contribution in [0.3, 0.4) is 0 Å². The van der Waals surface area contributed by atoms with Gasteiger partial charge in [0.2, 0.25) is 0 Å². The zero-order valence-corrected chi connectivity index (χ0v) is 15.0. The highest BCUT2D eigenvalue weighted by Gasteiger charge is 2.16. The Morgan fingerprint density at radius 1 is 1.17 bits per heavy atom. The van der Waals surface area contributed by atoms with E-state index >= 15 is 0 Å². The van der Waals surface area contributed by atoms with Crippen LogP contribution in [0.4, 0.5) is 0 Å². The average molecular weight is 342 g/mol. The van der Waals surface area contributed by atoms with Crippen molar-refractivity contribution in [3.05, 3.63) is 35.4 Å². The van der Waals surface area contributed by atoms with Crippen molar-refractivity contribution in [2.75, 3.05) is 19.6 Å². The van der Waals surface area contributed by atoms with Gasteiger partial charge in [0.25, 0.3) is 11.8 Å². The molecular formula is C17H28ClN3O2. The second-order valence-corrected chi connectivity index (χ2v) is 5.48. The molecular weight excluding hydrogens is 314 g/mol. The van der Waals surface area contributed by atoms with Crippen molar-refractivity contribution in [1.29, 1.82) is 0 Å². The number of nitrogens with one attached hydrogen (secondary N) is 1. The van der Waals surface area contributed by atoms with Crippen LogP contribution in [0.5, 0.6) is 0 Å². The van der Waals surface area contributed by atoms with Crippen molar-refractivity contribution in [2.45, 2.75) is 39.7 Å². The highest BCUT2D eigenvalue weighted by atomic mass is 35.5. The summed E-state index contributed by atoms with van der Waals surface area (Å²) >= 11 is 0. The Bertz CT molecular complexity index is 502. The van der Waals surface area contributed by atoms with Crippen LogP contribution in [0, 0.1) is 0 Å². The van der Waals surface area contributed by atoms with Crippen molar-refractivity contribution in [3.8, 4) is 0 Å². The maximum absolute atomic E-state index is 12.6. The lowest BCUT2D eigenvalue weighted by Crippen LogP contribution is -2.38. The Balaban J connectivity index is 0.00000484. The number of nitrogens with two attached hydrogens (primary N) is 1. The molecule has 6 heteroatoms. The number of benzene rings is 1. The molecule has 0 aliphatic heterocycles. The summed E-state index contributed by atoms with van der Waals surface area (Å²) in [7, 11) is 0. The lowest BCUT2D eigenvalue weighted by Gasteiger charge is -2.21. The largest absolute Gasteiger partial charge is 0.348 e. The van der Waals surface area contributed by atoms with Crippen LogP contribution in [0.25, 0.3) is 0 Å². The molecule has 0 saturated heterocycles. The van der Waals surface area contributed by atoms with Crippen LogP contribution >= 0.6 is 12.4 Å². The Hall–Kier alpha value is -1.59. The van der Waals surface area contributed by atoms with Gasteiger partial charge in [-0.05, 0) is 38.0 Å². The molecule has 130 valence electrons. The normalized spacial score (nSPS) is 11.3. The quantitative estimate of drug-likeness (QED) is 0.762. The van der Waals surface area contributed by atoms with Gasteiger partial charge in [-0.2, -0.15) is 0 Å². The smallest absolute Gasteiger partial charge is 0.253 e. The van der Waals surface area contributed by atoms with Gasteiger partial charge in [0, 0.05) is 36.8 Å². The fourth-order valence-corrected chi connectivity index (χ4v) is 2.20. The first kappa shape index (κ1) is 21.4. The Morgan fingerprint density at radius 3 is 2.26 bits per heavy atom. The van der Waals surface area contributed by atoms with Crippen LogP contribution in [0.15, 0.2) is 24.3 Å². The van der Waals surface area contributed by atoms with Crippen molar-refractivity contribution < 1.29 is 9.59 Å². The van der Waals surface area contributed by atoms with Crippen LogP contribution < -0.4 is 11.1 Å². The van der Waals surface area contributed by atoms with Gasteiger partial charge < -0.3 is 16.0 Å².